The molecule has 8 N–H and O–H groups in total. The summed E-state index contributed by atoms with van der Waals surface area (Å²) in [5.74, 6) is -3.74. The van der Waals surface area contributed by atoms with Gasteiger partial charge in [0.15, 0.2) is 55.9 Å². The number of unbranched alkanes of at least 4 members (excludes halogenated alkanes) is 8. The van der Waals surface area contributed by atoms with Gasteiger partial charge in [0.25, 0.3) is 0 Å². The Hall–Kier alpha value is -3.88. The van der Waals surface area contributed by atoms with E-state index in [1.807, 2.05) is 0 Å². The monoisotopic (exact) mass is 1370 g/mol. The Bertz CT molecular complexity index is 2480. The van der Waals surface area contributed by atoms with Gasteiger partial charge in [-0.1, -0.05) is 154 Å². The van der Waals surface area contributed by atoms with Gasteiger partial charge in [0, 0.05) is 18.9 Å². The van der Waals surface area contributed by atoms with Gasteiger partial charge in [0.2, 0.25) is 0 Å². The van der Waals surface area contributed by atoms with E-state index in [4.69, 9.17) is 66.3 Å². The molecule has 0 spiro atoms. The first-order chi connectivity index (χ1) is 46.1. The third kappa shape index (κ3) is 22.3. The van der Waals surface area contributed by atoms with Gasteiger partial charge in [-0.3, -0.25) is 14.4 Å². The summed E-state index contributed by atoms with van der Waals surface area (Å²) >= 11 is 0. The molecule has 26 heteroatoms. The molecule has 27 atom stereocenters. The van der Waals surface area contributed by atoms with Crippen molar-refractivity contribution < 1.29 is 126 Å². The molecule has 0 saturated carbocycles. The summed E-state index contributed by atoms with van der Waals surface area (Å²) in [6.07, 6.45) is -22.3. The zero-order valence-corrected chi connectivity index (χ0v) is 57.3. The number of aliphatic hydroxyl groups excluding tert-OH is 8. The van der Waals surface area contributed by atoms with Crippen LogP contribution in [0.1, 0.15) is 202 Å². The Labute approximate surface area is 565 Å². The molecular weight excluding hydrogens is 1260 g/mol. The van der Waals surface area contributed by atoms with Crippen LogP contribution in [0.15, 0.2) is 36.4 Å². The number of hydrogen-bond acceptors (Lipinski definition) is 26. The zero-order chi connectivity index (χ0) is 69.6. The van der Waals surface area contributed by atoms with Crippen LogP contribution in [0.4, 0.5) is 0 Å². The molecule has 6 aliphatic heterocycles. The Morgan fingerprint density at radius 1 is 0.531 bits per heavy atom. The molecule has 6 heterocycles. The van der Waals surface area contributed by atoms with Crippen molar-refractivity contribution in [1.82, 2.24) is 0 Å². The van der Waals surface area contributed by atoms with Crippen molar-refractivity contribution in [3.8, 4) is 0 Å². The first-order valence-electron chi connectivity index (χ1n) is 35.5. The van der Waals surface area contributed by atoms with Crippen LogP contribution in [-0.4, -0.2) is 231 Å². The lowest BCUT2D eigenvalue weighted by Crippen LogP contribution is -2.68. The second kappa shape index (κ2) is 39.9. The Kier molecular flexibility index (Phi) is 33.1. The van der Waals surface area contributed by atoms with Crippen molar-refractivity contribution in [1.29, 1.82) is 0 Å². The number of benzene rings is 1. The lowest BCUT2D eigenvalue weighted by Gasteiger charge is -2.51. The average molecular weight is 1370 g/mol. The molecule has 0 aliphatic carbocycles. The smallest absolute Gasteiger partial charge is 0.331 e. The maximum atomic E-state index is 14.5. The van der Waals surface area contributed by atoms with Crippen LogP contribution in [-0.2, 0) is 85.5 Å². The fourth-order valence-electron chi connectivity index (χ4n) is 13.0. The summed E-state index contributed by atoms with van der Waals surface area (Å²) in [5.41, 5.74) is 0.638. The fourth-order valence-corrected chi connectivity index (χ4v) is 13.0. The van der Waals surface area contributed by atoms with Crippen molar-refractivity contribution in [3.05, 3.63) is 42.0 Å². The standard InChI is InChI=1S/C70H112O26/c1-9-12-14-15-17-21-29-35-48(73)91-64-63(96-66-54(79)52(77)50(75)40(5)83-66)59(94-67-61(90-49(74)37-36-44-30-25-23-26-31-44)55(80)57(41(6)84-67)92-65(82)39(4)11-3)43(8)86-70(64)93-58-42(7)85-68-62(56(58)81)89-47(72)34-28-22-19-16-18-20-27-33-45(32-24-13-10-2)87-69-60(95-68)53(78)51(76)46(38-71)88-69/h23,25-26,30-31,36-37,39-43,45-46,50-64,66-71,75-81H,9-22,24,27-29,32-35,38H2,1-8H3/b37-36+/t39-,40-,41-,42-,43-,45?,46+,50-,51-,52+,53-,54+,55+,56+,57-,58-,59-,60+,61+,62+,63+,64+,66-,67-,68-,69+,70-/m0/s1. The molecule has 0 aromatic heterocycles. The molecule has 0 radical (unpaired) electrons. The van der Waals surface area contributed by atoms with E-state index < -0.39 is 190 Å². The number of hydrogen-bond donors (Lipinski definition) is 8. The second-order valence-electron chi connectivity index (χ2n) is 26.8. The number of rotatable bonds is 26. The van der Waals surface area contributed by atoms with Gasteiger partial charge < -0.3 is 107 Å². The van der Waals surface area contributed by atoms with Crippen LogP contribution < -0.4 is 0 Å². The highest BCUT2D eigenvalue weighted by molar-refractivity contribution is 5.87. The molecule has 26 nitrogen and oxygen atoms in total. The molecule has 6 fully saturated rings. The molecule has 6 saturated heterocycles. The first-order valence-corrected chi connectivity index (χ1v) is 35.5. The molecule has 548 valence electrons. The van der Waals surface area contributed by atoms with E-state index in [0.29, 0.717) is 50.5 Å². The van der Waals surface area contributed by atoms with Crippen molar-refractivity contribution in [3.63, 3.8) is 0 Å². The van der Waals surface area contributed by atoms with Crippen molar-refractivity contribution in [2.45, 2.75) is 356 Å². The zero-order valence-electron chi connectivity index (χ0n) is 57.3. The van der Waals surface area contributed by atoms with E-state index in [2.05, 4.69) is 13.8 Å². The van der Waals surface area contributed by atoms with Crippen molar-refractivity contribution >= 4 is 30.0 Å². The van der Waals surface area contributed by atoms with E-state index in [0.717, 1.165) is 89.5 Å². The number of aliphatic hydroxyl groups is 8. The number of carbonyl (C=O) groups is 4. The summed E-state index contributed by atoms with van der Waals surface area (Å²) in [6.45, 7) is 12.9. The fraction of sp³-hybridized carbons (Fsp3) is 0.829. The maximum absolute atomic E-state index is 14.5. The molecule has 6 aliphatic rings. The predicted octanol–water partition coefficient (Wildman–Crippen LogP) is 5.79. The normalized spacial score (nSPS) is 38.8. The number of ether oxygens (including phenoxy) is 14. The van der Waals surface area contributed by atoms with E-state index in [1.165, 1.54) is 33.8 Å². The van der Waals surface area contributed by atoms with Gasteiger partial charge in [0.1, 0.15) is 73.2 Å². The van der Waals surface area contributed by atoms with Gasteiger partial charge >= 0.3 is 23.9 Å². The Morgan fingerprint density at radius 3 is 1.81 bits per heavy atom. The quantitative estimate of drug-likeness (QED) is 0.0235. The molecule has 7 rings (SSSR count). The summed E-state index contributed by atoms with van der Waals surface area (Å²) in [4.78, 5) is 55.7. The topological polar surface area (TPSA) is 359 Å². The molecule has 1 aromatic carbocycles. The van der Waals surface area contributed by atoms with Crippen molar-refractivity contribution in [2.24, 2.45) is 5.92 Å². The number of esters is 4. The first kappa shape index (κ1) is 79.4. The van der Waals surface area contributed by atoms with Gasteiger partial charge in [-0.15, -0.1) is 0 Å². The third-order valence-electron chi connectivity index (χ3n) is 19.1. The maximum Gasteiger partial charge on any atom is 0.331 e. The Morgan fingerprint density at radius 2 is 1.12 bits per heavy atom. The second-order valence-corrected chi connectivity index (χ2v) is 26.8. The minimum atomic E-state index is -1.96. The highest BCUT2D eigenvalue weighted by atomic mass is 16.8. The van der Waals surface area contributed by atoms with E-state index in [9.17, 15) is 60.0 Å². The van der Waals surface area contributed by atoms with Crippen LogP contribution in [0.25, 0.3) is 6.08 Å². The van der Waals surface area contributed by atoms with Crippen LogP contribution in [0.3, 0.4) is 0 Å². The SMILES string of the molecule is CCCCCCCCCC(=O)O[C@H]1[C@H](O[C@@H]2[C@@H](O)[C@H]3OC(=O)CCCCCCCCCC(CCCCC)O[C@@H]4O[C@H](CO)[C@H](O)[C@H](O)[C@H]4O[C@@H]3O[C@H]2C)O[C@@H](C)[C@H](O[C@@H]2O[C@@H](C)[C@H](OC(=O)[C@@H](C)CC)[C@@H](O)[C@H]2OC(=O)/C=C/c2ccccc2)[C@H]1O[C@@H]1O[C@@H](C)[C@H](O)[C@@H](O)[C@H]1O. The van der Waals surface area contributed by atoms with Gasteiger partial charge in [-0.05, 0) is 71.4 Å². The van der Waals surface area contributed by atoms with Crippen LogP contribution in [0, 0.1) is 5.92 Å². The molecule has 96 heavy (non-hydrogen) atoms. The largest absolute Gasteiger partial charge is 0.456 e. The third-order valence-corrected chi connectivity index (χ3v) is 19.1. The molecular formula is C70H112O26. The summed E-state index contributed by atoms with van der Waals surface area (Å²) in [7, 11) is 0. The summed E-state index contributed by atoms with van der Waals surface area (Å²) < 4.78 is 89.5. The summed E-state index contributed by atoms with van der Waals surface area (Å²) in [6, 6.07) is 8.82. The van der Waals surface area contributed by atoms with E-state index >= 15 is 0 Å². The number of carbonyl (C=O) groups excluding carboxylic acids is 4. The average Bonchev–Trinajstić information content (AvgIpc) is 0.772. The molecule has 1 aromatic rings. The van der Waals surface area contributed by atoms with Gasteiger partial charge in [0.05, 0.1) is 43.0 Å². The minimum absolute atomic E-state index is 0.0665. The van der Waals surface area contributed by atoms with Crippen LogP contribution >= 0.6 is 0 Å². The van der Waals surface area contributed by atoms with Crippen LogP contribution in [0.5, 0.6) is 0 Å². The van der Waals surface area contributed by atoms with E-state index in [-0.39, 0.29) is 18.9 Å². The molecule has 0 bridgehead atoms. The minimum Gasteiger partial charge on any atom is -0.456 e. The van der Waals surface area contributed by atoms with E-state index in [1.54, 1.807) is 44.2 Å². The highest BCUT2D eigenvalue weighted by Gasteiger charge is 2.59. The number of fused-ring (bicyclic) bond motifs is 2. The van der Waals surface area contributed by atoms with Crippen LogP contribution in [0.2, 0.25) is 0 Å². The molecule has 1 unspecified atom stereocenters. The van der Waals surface area contributed by atoms with Gasteiger partial charge in [-0.2, -0.15) is 0 Å². The Balaban J connectivity index is 1.27. The van der Waals surface area contributed by atoms with Gasteiger partial charge in [-0.25, -0.2) is 4.79 Å². The predicted molar refractivity (Wildman–Crippen MR) is 342 cm³/mol. The summed E-state index contributed by atoms with van der Waals surface area (Å²) in [5, 5.41) is 92.3. The lowest BCUT2D eigenvalue weighted by molar-refractivity contribution is -0.400. The molecule has 0 amide bonds. The van der Waals surface area contributed by atoms with Crippen molar-refractivity contribution in [2.75, 3.05) is 6.61 Å². The lowest BCUT2D eigenvalue weighted by atomic mass is 9.95. The highest BCUT2D eigenvalue weighted by Crippen LogP contribution is 2.40.